The zero-order valence-electron chi connectivity index (χ0n) is 13.1. The highest BCUT2D eigenvalue weighted by Gasteiger charge is 2.14. The Morgan fingerprint density at radius 1 is 0.880 bits per heavy atom. The second-order valence-electron chi connectivity index (χ2n) is 5.57. The summed E-state index contributed by atoms with van der Waals surface area (Å²) in [6, 6.07) is 17.7. The number of hydrogen-bond acceptors (Lipinski definition) is 5. The maximum Gasteiger partial charge on any atom is 0.231 e. The van der Waals surface area contributed by atoms with Crippen molar-refractivity contribution in [3.8, 4) is 5.82 Å². The number of para-hydroxylation sites is 3. The van der Waals surface area contributed by atoms with Crippen molar-refractivity contribution in [2.45, 2.75) is 0 Å². The van der Waals surface area contributed by atoms with Crippen LogP contribution >= 0.6 is 0 Å². The summed E-state index contributed by atoms with van der Waals surface area (Å²) in [6.07, 6.45) is 3.38. The first kappa shape index (κ1) is 13.7. The van der Waals surface area contributed by atoms with Gasteiger partial charge in [-0.3, -0.25) is 4.57 Å². The van der Waals surface area contributed by atoms with E-state index in [9.17, 15) is 0 Å². The van der Waals surface area contributed by atoms with Crippen LogP contribution in [-0.4, -0.2) is 29.5 Å². The Labute approximate surface area is 142 Å². The van der Waals surface area contributed by atoms with Crippen LogP contribution in [0.3, 0.4) is 0 Å². The second kappa shape index (κ2) is 5.41. The van der Waals surface area contributed by atoms with E-state index in [0.29, 0.717) is 17.4 Å². The number of nitrogens with one attached hydrogen (secondary N) is 2. The summed E-state index contributed by atoms with van der Waals surface area (Å²) in [6.45, 7) is 0. The molecule has 0 unspecified atom stereocenters. The summed E-state index contributed by atoms with van der Waals surface area (Å²) in [5.41, 5.74) is 4.16. The Balaban J connectivity index is 1.70. The lowest BCUT2D eigenvalue weighted by atomic mass is 10.3. The Morgan fingerprint density at radius 2 is 1.72 bits per heavy atom. The molecule has 0 aliphatic heterocycles. The number of aromatic amines is 1. The Hall–Kier alpha value is -3.74. The van der Waals surface area contributed by atoms with Crippen molar-refractivity contribution in [1.29, 1.82) is 0 Å². The normalized spacial score (nSPS) is 11.2. The maximum absolute atomic E-state index is 4.69. The molecule has 5 aromatic rings. The lowest BCUT2D eigenvalue weighted by Gasteiger charge is -2.09. The molecular formula is C18H13N7. The predicted octanol–water partition coefficient (Wildman–Crippen LogP) is 3.44. The van der Waals surface area contributed by atoms with Crippen LogP contribution in [0.4, 0.5) is 11.6 Å². The zero-order chi connectivity index (χ0) is 16.6. The molecule has 3 aromatic heterocycles. The SMILES string of the molecule is c1ccc(Nc2nc(-n3cnc4ccccc43)c3[nH]cnc3n2)cc1. The first-order chi connectivity index (χ1) is 12.4. The van der Waals surface area contributed by atoms with Crippen molar-refractivity contribution < 1.29 is 0 Å². The van der Waals surface area contributed by atoms with Crippen LogP contribution in [0.25, 0.3) is 28.0 Å². The van der Waals surface area contributed by atoms with Gasteiger partial charge in [-0.1, -0.05) is 30.3 Å². The highest BCUT2D eigenvalue weighted by molar-refractivity contribution is 5.84. The van der Waals surface area contributed by atoms with Gasteiger partial charge in [0.1, 0.15) is 11.8 Å². The van der Waals surface area contributed by atoms with Gasteiger partial charge in [0, 0.05) is 5.69 Å². The van der Waals surface area contributed by atoms with E-state index in [-0.39, 0.29) is 0 Å². The first-order valence-corrected chi connectivity index (χ1v) is 7.84. The number of aromatic nitrogens is 6. The van der Waals surface area contributed by atoms with Crippen LogP contribution in [0.15, 0.2) is 67.3 Å². The summed E-state index contributed by atoms with van der Waals surface area (Å²) < 4.78 is 1.94. The van der Waals surface area contributed by atoms with Gasteiger partial charge in [-0.2, -0.15) is 9.97 Å². The average Bonchev–Trinajstić information content (AvgIpc) is 3.29. The standard InChI is InChI=1S/C18H13N7/c1-2-6-12(7-3-1)22-18-23-16-15(19-10-20-16)17(24-18)25-11-21-13-8-4-5-9-14(13)25/h1-11H,(H2,19,20,22,23,24). The minimum atomic E-state index is 0.485. The van der Waals surface area contributed by atoms with E-state index in [0.717, 1.165) is 22.2 Å². The summed E-state index contributed by atoms with van der Waals surface area (Å²) in [5.74, 6) is 1.19. The van der Waals surface area contributed by atoms with Crippen LogP contribution in [0.5, 0.6) is 0 Å². The average molecular weight is 327 g/mol. The Bertz CT molecular complexity index is 1170. The van der Waals surface area contributed by atoms with E-state index in [1.165, 1.54) is 0 Å². The van der Waals surface area contributed by atoms with E-state index < -0.39 is 0 Å². The van der Waals surface area contributed by atoms with E-state index in [1.807, 2.05) is 59.2 Å². The highest BCUT2D eigenvalue weighted by Crippen LogP contribution is 2.23. The summed E-state index contributed by atoms with van der Waals surface area (Å²) in [4.78, 5) is 21.0. The molecule has 0 aliphatic carbocycles. The molecule has 0 saturated carbocycles. The fourth-order valence-corrected chi connectivity index (χ4v) is 2.83. The number of hydrogen-bond donors (Lipinski definition) is 2. The van der Waals surface area contributed by atoms with Crippen LogP contribution in [0, 0.1) is 0 Å². The van der Waals surface area contributed by atoms with Crippen LogP contribution < -0.4 is 5.32 Å². The van der Waals surface area contributed by atoms with Gasteiger partial charge in [0.15, 0.2) is 11.5 Å². The number of H-pyrrole nitrogens is 1. The molecule has 0 spiro atoms. The van der Waals surface area contributed by atoms with E-state index >= 15 is 0 Å². The third kappa shape index (κ3) is 2.29. The minimum absolute atomic E-state index is 0.485. The third-order valence-electron chi connectivity index (χ3n) is 3.98. The molecule has 0 amide bonds. The van der Waals surface area contributed by atoms with Crippen molar-refractivity contribution >= 4 is 33.8 Å². The molecule has 0 atom stereocenters. The first-order valence-electron chi connectivity index (χ1n) is 7.84. The minimum Gasteiger partial charge on any atom is -0.340 e. The molecule has 2 aromatic carbocycles. The molecule has 0 bridgehead atoms. The molecule has 7 heteroatoms. The highest BCUT2D eigenvalue weighted by atomic mass is 15.2. The molecule has 2 N–H and O–H groups in total. The van der Waals surface area contributed by atoms with Crippen molar-refractivity contribution in [3.63, 3.8) is 0 Å². The molecule has 120 valence electrons. The lowest BCUT2D eigenvalue weighted by molar-refractivity contribution is 1.02. The zero-order valence-corrected chi connectivity index (χ0v) is 13.1. The molecule has 7 nitrogen and oxygen atoms in total. The molecule has 0 aliphatic rings. The Kier molecular flexibility index (Phi) is 2.96. The second-order valence-corrected chi connectivity index (χ2v) is 5.57. The summed E-state index contributed by atoms with van der Waals surface area (Å²) in [5, 5.41) is 3.23. The molecule has 0 fully saturated rings. The van der Waals surface area contributed by atoms with Gasteiger partial charge < -0.3 is 10.3 Å². The van der Waals surface area contributed by atoms with Gasteiger partial charge in [-0.25, -0.2) is 9.97 Å². The monoisotopic (exact) mass is 327 g/mol. The number of anilines is 2. The lowest BCUT2D eigenvalue weighted by Crippen LogP contribution is -2.04. The summed E-state index contributed by atoms with van der Waals surface area (Å²) >= 11 is 0. The van der Waals surface area contributed by atoms with Gasteiger partial charge in [0.05, 0.1) is 17.4 Å². The fourth-order valence-electron chi connectivity index (χ4n) is 2.83. The molecule has 3 heterocycles. The van der Waals surface area contributed by atoms with Gasteiger partial charge in [0.25, 0.3) is 0 Å². The molecule has 25 heavy (non-hydrogen) atoms. The topological polar surface area (TPSA) is 84.3 Å². The molecule has 0 radical (unpaired) electrons. The fraction of sp³-hybridized carbons (Fsp3) is 0. The number of nitrogens with zero attached hydrogens (tertiary/aromatic N) is 5. The van der Waals surface area contributed by atoms with Gasteiger partial charge in [-0.15, -0.1) is 0 Å². The van der Waals surface area contributed by atoms with Crippen LogP contribution in [0.1, 0.15) is 0 Å². The van der Waals surface area contributed by atoms with E-state index in [4.69, 9.17) is 4.98 Å². The number of rotatable bonds is 3. The van der Waals surface area contributed by atoms with Gasteiger partial charge >= 0.3 is 0 Å². The molecule has 0 saturated heterocycles. The quantitative estimate of drug-likeness (QED) is 0.530. The number of imidazole rings is 2. The van der Waals surface area contributed by atoms with Crippen molar-refractivity contribution in [2.75, 3.05) is 5.32 Å². The van der Waals surface area contributed by atoms with Gasteiger partial charge in [-0.05, 0) is 24.3 Å². The number of benzene rings is 2. The maximum atomic E-state index is 4.69. The smallest absolute Gasteiger partial charge is 0.231 e. The predicted molar refractivity (Wildman–Crippen MR) is 96.0 cm³/mol. The summed E-state index contributed by atoms with van der Waals surface area (Å²) in [7, 11) is 0. The van der Waals surface area contributed by atoms with Crippen LogP contribution in [-0.2, 0) is 0 Å². The van der Waals surface area contributed by atoms with E-state index in [1.54, 1.807) is 12.7 Å². The van der Waals surface area contributed by atoms with Crippen molar-refractivity contribution in [1.82, 2.24) is 29.5 Å². The van der Waals surface area contributed by atoms with Gasteiger partial charge in [0.2, 0.25) is 5.95 Å². The van der Waals surface area contributed by atoms with E-state index in [2.05, 4.69) is 25.3 Å². The largest absolute Gasteiger partial charge is 0.340 e. The third-order valence-corrected chi connectivity index (χ3v) is 3.98. The molecular weight excluding hydrogens is 314 g/mol. The van der Waals surface area contributed by atoms with Crippen molar-refractivity contribution in [2.24, 2.45) is 0 Å². The van der Waals surface area contributed by atoms with Crippen LogP contribution in [0.2, 0.25) is 0 Å². The number of fused-ring (bicyclic) bond motifs is 2. The van der Waals surface area contributed by atoms with Crippen molar-refractivity contribution in [3.05, 3.63) is 67.3 Å². The Morgan fingerprint density at radius 3 is 2.64 bits per heavy atom. The molecule has 5 rings (SSSR count).